The average molecular weight is 270 g/mol. The van der Waals surface area contributed by atoms with Crippen molar-refractivity contribution in [2.75, 3.05) is 0 Å². The number of hydrogen-bond acceptors (Lipinski definition) is 3. The van der Waals surface area contributed by atoms with Gasteiger partial charge in [0, 0.05) is 18.2 Å². The fraction of sp³-hybridized carbons (Fsp3) is 0.471. The molecule has 1 N–H and O–H groups in total. The van der Waals surface area contributed by atoms with Crippen LogP contribution in [0.25, 0.3) is 0 Å². The zero-order chi connectivity index (χ0) is 14.1. The van der Waals surface area contributed by atoms with Crippen LogP contribution in [-0.2, 0) is 6.54 Å². The third kappa shape index (κ3) is 2.63. The van der Waals surface area contributed by atoms with Gasteiger partial charge in [-0.1, -0.05) is 35.5 Å². The van der Waals surface area contributed by atoms with Crippen molar-refractivity contribution >= 4 is 0 Å². The van der Waals surface area contributed by atoms with Gasteiger partial charge < -0.3 is 9.84 Å². The van der Waals surface area contributed by atoms with Crippen molar-refractivity contribution in [2.45, 2.75) is 45.7 Å². The van der Waals surface area contributed by atoms with E-state index in [0.717, 1.165) is 29.8 Å². The van der Waals surface area contributed by atoms with Crippen LogP contribution in [0.5, 0.6) is 0 Å². The summed E-state index contributed by atoms with van der Waals surface area (Å²) in [6, 6.07) is 11.4. The van der Waals surface area contributed by atoms with Crippen LogP contribution >= 0.6 is 0 Å². The minimum atomic E-state index is 0.522. The number of benzene rings is 1. The maximum atomic E-state index is 5.20. The lowest BCUT2D eigenvalue weighted by molar-refractivity contribution is 0.391. The summed E-state index contributed by atoms with van der Waals surface area (Å²) in [5, 5.41) is 7.63. The number of aromatic nitrogens is 1. The summed E-state index contributed by atoms with van der Waals surface area (Å²) in [6.45, 7) is 7.11. The molecule has 20 heavy (non-hydrogen) atoms. The summed E-state index contributed by atoms with van der Waals surface area (Å²) in [6.07, 6.45) is 1.29. The molecule has 0 aliphatic heterocycles. The van der Waals surface area contributed by atoms with Gasteiger partial charge in [-0.05, 0) is 44.6 Å². The SMILES string of the molecule is Cc1noc(C)c1CN[C@H](C)[C@@H]1C[C@H]1c1ccccc1. The molecular weight excluding hydrogens is 248 g/mol. The summed E-state index contributed by atoms with van der Waals surface area (Å²) in [7, 11) is 0. The summed E-state index contributed by atoms with van der Waals surface area (Å²) in [4.78, 5) is 0. The number of nitrogens with one attached hydrogen (secondary N) is 1. The maximum absolute atomic E-state index is 5.20. The highest BCUT2D eigenvalue weighted by atomic mass is 16.5. The molecular formula is C17H22N2O. The Hall–Kier alpha value is -1.61. The Morgan fingerprint density at radius 2 is 2.05 bits per heavy atom. The molecule has 1 aromatic heterocycles. The van der Waals surface area contributed by atoms with Gasteiger partial charge in [-0.2, -0.15) is 0 Å². The average Bonchev–Trinajstić information content (AvgIpc) is 3.20. The van der Waals surface area contributed by atoms with E-state index in [4.69, 9.17) is 4.52 Å². The second-order valence-corrected chi connectivity index (χ2v) is 5.89. The second-order valence-electron chi connectivity index (χ2n) is 5.89. The minimum absolute atomic E-state index is 0.522. The highest BCUT2D eigenvalue weighted by molar-refractivity contribution is 5.27. The maximum Gasteiger partial charge on any atom is 0.138 e. The van der Waals surface area contributed by atoms with Crippen molar-refractivity contribution in [1.82, 2.24) is 10.5 Å². The molecule has 1 aliphatic carbocycles. The molecule has 0 radical (unpaired) electrons. The molecule has 1 aromatic carbocycles. The topological polar surface area (TPSA) is 38.1 Å². The molecule has 3 heteroatoms. The van der Waals surface area contributed by atoms with Crippen molar-refractivity contribution in [3.05, 3.63) is 52.9 Å². The number of hydrogen-bond donors (Lipinski definition) is 1. The molecule has 0 saturated heterocycles. The van der Waals surface area contributed by atoms with Gasteiger partial charge >= 0.3 is 0 Å². The van der Waals surface area contributed by atoms with Gasteiger partial charge in [0.15, 0.2) is 0 Å². The smallest absolute Gasteiger partial charge is 0.138 e. The van der Waals surface area contributed by atoms with Crippen molar-refractivity contribution in [1.29, 1.82) is 0 Å². The zero-order valence-corrected chi connectivity index (χ0v) is 12.4. The highest BCUT2D eigenvalue weighted by Crippen LogP contribution is 2.49. The molecule has 0 bridgehead atoms. The summed E-state index contributed by atoms with van der Waals surface area (Å²) in [5.74, 6) is 2.40. The second kappa shape index (κ2) is 5.41. The van der Waals surface area contributed by atoms with Crippen molar-refractivity contribution in [2.24, 2.45) is 5.92 Å². The Kier molecular flexibility index (Phi) is 3.62. The summed E-state index contributed by atoms with van der Waals surface area (Å²) in [5.41, 5.74) is 3.68. The van der Waals surface area contributed by atoms with E-state index in [1.165, 1.54) is 17.5 Å². The van der Waals surface area contributed by atoms with E-state index < -0.39 is 0 Å². The molecule has 2 aromatic rings. The first-order valence-electron chi connectivity index (χ1n) is 7.37. The lowest BCUT2D eigenvalue weighted by Crippen LogP contribution is -2.28. The van der Waals surface area contributed by atoms with Crippen LogP contribution in [0.4, 0.5) is 0 Å². The molecule has 106 valence electrons. The van der Waals surface area contributed by atoms with Crippen LogP contribution in [0.2, 0.25) is 0 Å². The lowest BCUT2D eigenvalue weighted by atomic mass is 10.1. The molecule has 3 rings (SSSR count). The molecule has 3 nitrogen and oxygen atoms in total. The lowest BCUT2D eigenvalue weighted by Gasteiger charge is -2.13. The van der Waals surface area contributed by atoms with Gasteiger partial charge in [-0.15, -0.1) is 0 Å². The first-order chi connectivity index (χ1) is 9.66. The first kappa shape index (κ1) is 13.4. The van der Waals surface area contributed by atoms with E-state index in [-0.39, 0.29) is 0 Å². The molecule has 0 unspecified atom stereocenters. The largest absolute Gasteiger partial charge is 0.361 e. The Bertz CT molecular complexity index is 556. The molecule has 0 spiro atoms. The van der Waals surface area contributed by atoms with Crippen LogP contribution < -0.4 is 5.32 Å². The molecule has 1 aliphatic rings. The standard InChI is InChI=1S/C17H22N2O/c1-11(18-10-17-12(2)19-20-13(17)3)15-9-16(15)14-7-5-4-6-8-14/h4-8,11,15-16,18H,9-10H2,1-3H3/t11-,15+,16+/m1/s1. The van der Waals surface area contributed by atoms with Gasteiger partial charge in [-0.25, -0.2) is 0 Å². The van der Waals surface area contributed by atoms with Crippen LogP contribution in [0.1, 0.15) is 41.8 Å². The third-order valence-corrected chi connectivity index (χ3v) is 4.49. The van der Waals surface area contributed by atoms with E-state index in [1.54, 1.807) is 0 Å². The van der Waals surface area contributed by atoms with Crippen LogP contribution in [0, 0.1) is 19.8 Å². The summed E-state index contributed by atoms with van der Waals surface area (Å²) >= 11 is 0. The van der Waals surface area contributed by atoms with Crippen molar-refractivity contribution in [3.63, 3.8) is 0 Å². The van der Waals surface area contributed by atoms with Crippen LogP contribution in [-0.4, -0.2) is 11.2 Å². The van der Waals surface area contributed by atoms with E-state index in [9.17, 15) is 0 Å². The predicted octanol–water partition coefficient (Wildman–Crippen LogP) is 3.57. The van der Waals surface area contributed by atoms with E-state index >= 15 is 0 Å². The normalized spacial score (nSPS) is 22.8. The Morgan fingerprint density at radius 3 is 2.70 bits per heavy atom. The Labute approximate surface area is 120 Å². The summed E-state index contributed by atoms with van der Waals surface area (Å²) < 4.78 is 5.20. The minimum Gasteiger partial charge on any atom is -0.361 e. The first-order valence-corrected chi connectivity index (χ1v) is 7.37. The highest BCUT2D eigenvalue weighted by Gasteiger charge is 2.41. The number of rotatable bonds is 5. The Balaban J connectivity index is 1.55. The fourth-order valence-electron chi connectivity index (χ4n) is 3.02. The van der Waals surface area contributed by atoms with Crippen molar-refractivity contribution in [3.8, 4) is 0 Å². The van der Waals surface area contributed by atoms with Gasteiger partial charge in [0.2, 0.25) is 0 Å². The number of aryl methyl sites for hydroxylation is 2. The third-order valence-electron chi connectivity index (χ3n) is 4.49. The monoisotopic (exact) mass is 270 g/mol. The van der Waals surface area contributed by atoms with Gasteiger partial charge in [0.1, 0.15) is 5.76 Å². The predicted molar refractivity (Wildman–Crippen MR) is 79.6 cm³/mol. The fourth-order valence-corrected chi connectivity index (χ4v) is 3.02. The van der Waals surface area contributed by atoms with Gasteiger partial charge in [-0.3, -0.25) is 0 Å². The Morgan fingerprint density at radius 1 is 1.30 bits per heavy atom. The quantitative estimate of drug-likeness (QED) is 0.902. The molecule has 1 saturated carbocycles. The zero-order valence-electron chi connectivity index (χ0n) is 12.4. The van der Waals surface area contributed by atoms with Crippen molar-refractivity contribution < 1.29 is 4.52 Å². The van der Waals surface area contributed by atoms with Crippen LogP contribution in [0.15, 0.2) is 34.9 Å². The molecule has 1 fully saturated rings. The van der Waals surface area contributed by atoms with Crippen LogP contribution in [0.3, 0.4) is 0 Å². The van der Waals surface area contributed by atoms with E-state index in [1.807, 2.05) is 13.8 Å². The molecule has 1 heterocycles. The molecule has 0 amide bonds. The van der Waals surface area contributed by atoms with Gasteiger partial charge in [0.25, 0.3) is 0 Å². The molecule has 3 atom stereocenters. The van der Waals surface area contributed by atoms with Gasteiger partial charge in [0.05, 0.1) is 5.69 Å². The van der Waals surface area contributed by atoms with E-state index in [2.05, 4.69) is 47.7 Å². The van der Waals surface area contributed by atoms with E-state index in [0.29, 0.717) is 6.04 Å². The number of nitrogens with zero attached hydrogens (tertiary/aromatic N) is 1.